The van der Waals surface area contributed by atoms with Crippen molar-refractivity contribution >= 4 is 11.7 Å². The maximum Gasteiger partial charge on any atom is 0.319 e. The fourth-order valence-electron chi connectivity index (χ4n) is 2.95. The minimum Gasteiger partial charge on any atom is -0.381 e. The molecule has 134 valence electrons. The topological polar surface area (TPSA) is 99.9 Å². The zero-order valence-electron chi connectivity index (χ0n) is 14.3. The lowest BCUT2D eigenvalue weighted by Gasteiger charge is -2.37. The maximum atomic E-state index is 13.4. The quantitative estimate of drug-likeness (QED) is 0.881. The van der Waals surface area contributed by atoms with Crippen LogP contribution in [0.3, 0.4) is 0 Å². The van der Waals surface area contributed by atoms with E-state index in [0.29, 0.717) is 43.0 Å². The van der Waals surface area contributed by atoms with E-state index >= 15 is 0 Å². The van der Waals surface area contributed by atoms with E-state index < -0.39 is 11.6 Å². The number of carbonyl (C=O) groups excluding carboxylic acids is 1. The van der Waals surface area contributed by atoms with Crippen LogP contribution < -0.4 is 10.6 Å². The molecule has 2 amide bonds. The minimum atomic E-state index is -0.758. The fraction of sp³-hybridized carbons (Fsp3) is 0.333. The normalized spacial score (nSPS) is 15.7. The zero-order chi connectivity index (χ0) is 18.6. The van der Waals surface area contributed by atoms with Gasteiger partial charge in [0.25, 0.3) is 0 Å². The van der Waals surface area contributed by atoms with Crippen molar-refractivity contribution in [3.63, 3.8) is 0 Å². The number of ether oxygens (including phenoxy) is 1. The smallest absolute Gasteiger partial charge is 0.319 e. The van der Waals surface area contributed by atoms with Crippen LogP contribution in [0, 0.1) is 24.1 Å². The molecule has 0 saturated carbocycles. The van der Waals surface area contributed by atoms with Gasteiger partial charge in [0.1, 0.15) is 11.9 Å². The molecule has 1 aromatic carbocycles. The molecule has 7 nitrogen and oxygen atoms in total. The van der Waals surface area contributed by atoms with E-state index in [2.05, 4.69) is 20.6 Å². The number of hydrogen-bond donors (Lipinski definition) is 2. The number of nitriles is 1. The third kappa shape index (κ3) is 3.78. The Morgan fingerprint density at radius 1 is 1.35 bits per heavy atom. The lowest BCUT2D eigenvalue weighted by Crippen LogP contribution is -2.51. The largest absolute Gasteiger partial charge is 0.381 e. The van der Waals surface area contributed by atoms with Crippen molar-refractivity contribution in [1.82, 2.24) is 15.3 Å². The molecule has 1 aliphatic heterocycles. The number of urea groups is 1. The van der Waals surface area contributed by atoms with Crippen LogP contribution in [-0.2, 0) is 10.3 Å². The molecule has 3 rings (SSSR count). The Hall–Kier alpha value is -3.05. The Kier molecular flexibility index (Phi) is 5.09. The number of nitrogens with one attached hydrogen (secondary N) is 2. The van der Waals surface area contributed by atoms with Crippen molar-refractivity contribution in [3.05, 3.63) is 53.4 Å². The zero-order valence-corrected chi connectivity index (χ0v) is 14.3. The van der Waals surface area contributed by atoms with Crippen LogP contribution in [0.4, 0.5) is 14.9 Å². The molecule has 1 saturated heterocycles. The summed E-state index contributed by atoms with van der Waals surface area (Å²) < 4.78 is 18.8. The van der Waals surface area contributed by atoms with Crippen molar-refractivity contribution in [1.29, 1.82) is 5.26 Å². The van der Waals surface area contributed by atoms with Crippen molar-refractivity contribution < 1.29 is 13.9 Å². The van der Waals surface area contributed by atoms with E-state index in [-0.39, 0.29) is 11.6 Å². The summed E-state index contributed by atoms with van der Waals surface area (Å²) in [7, 11) is 0. The molecular formula is C18H18FN5O2. The van der Waals surface area contributed by atoms with Crippen LogP contribution in [0.25, 0.3) is 0 Å². The first-order chi connectivity index (χ1) is 12.5. The number of rotatable bonds is 3. The second kappa shape index (κ2) is 7.45. The Balaban J connectivity index is 1.82. The highest BCUT2D eigenvalue weighted by molar-refractivity contribution is 5.90. The third-order valence-corrected chi connectivity index (χ3v) is 4.36. The molecule has 8 heteroatoms. The van der Waals surface area contributed by atoms with Gasteiger partial charge in [-0.25, -0.2) is 19.2 Å². The predicted molar refractivity (Wildman–Crippen MR) is 91.8 cm³/mol. The van der Waals surface area contributed by atoms with Gasteiger partial charge in [0.2, 0.25) is 5.82 Å². The summed E-state index contributed by atoms with van der Waals surface area (Å²) >= 11 is 0. The summed E-state index contributed by atoms with van der Waals surface area (Å²) in [4.78, 5) is 20.7. The van der Waals surface area contributed by atoms with Gasteiger partial charge in [0.15, 0.2) is 0 Å². The van der Waals surface area contributed by atoms with Gasteiger partial charge >= 0.3 is 6.03 Å². The molecule has 0 radical (unpaired) electrons. The van der Waals surface area contributed by atoms with E-state index in [1.807, 2.05) is 6.07 Å². The molecular weight excluding hydrogens is 337 g/mol. The summed E-state index contributed by atoms with van der Waals surface area (Å²) in [5, 5.41) is 14.7. The van der Waals surface area contributed by atoms with E-state index in [4.69, 9.17) is 10.00 Å². The molecule has 0 bridgehead atoms. The van der Waals surface area contributed by atoms with Crippen LogP contribution in [0.5, 0.6) is 0 Å². The summed E-state index contributed by atoms with van der Waals surface area (Å²) in [6, 6.07) is 7.53. The van der Waals surface area contributed by atoms with Gasteiger partial charge in [0.05, 0.1) is 11.2 Å². The second-order valence-electron chi connectivity index (χ2n) is 6.11. The number of benzene rings is 1. The number of nitrogens with zero attached hydrogens (tertiary/aromatic N) is 3. The highest BCUT2D eigenvalue weighted by Gasteiger charge is 2.37. The minimum absolute atomic E-state index is 0.0461. The van der Waals surface area contributed by atoms with E-state index in [9.17, 15) is 9.18 Å². The van der Waals surface area contributed by atoms with Crippen LogP contribution >= 0.6 is 0 Å². The SMILES string of the molecule is Cc1cc(NC(=O)NC2(c3ccnc(C#N)n3)CCOCC2)ccc1F. The maximum absolute atomic E-state index is 13.4. The fourth-order valence-corrected chi connectivity index (χ4v) is 2.95. The van der Waals surface area contributed by atoms with E-state index in [1.54, 1.807) is 19.1 Å². The molecule has 2 N–H and O–H groups in total. The first kappa shape index (κ1) is 17.8. The van der Waals surface area contributed by atoms with Gasteiger partial charge in [-0.15, -0.1) is 0 Å². The molecule has 2 aromatic rings. The molecule has 0 unspecified atom stereocenters. The van der Waals surface area contributed by atoms with Crippen molar-refractivity contribution in [3.8, 4) is 6.07 Å². The van der Waals surface area contributed by atoms with Gasteiger partial charge in [-0.2, -0.15) is 5.26 Å². The second-order valence-corrected chi connectivity index (χ2v) is 6.11. The third-order valence-electron chi connectivity index (χ3n) is 4.36. The van der Waals surface area contributed by atoms with Gasteiger partial charge in [-0.05, 0) is 49.6 Å². The molecule has 0 spiro atoms. The number of amides is 2. The van der Waals surface area contributed by atoms with Crippen LogP contribution in [0.1, 0.15) is 29.9 Å². The highest BCUT2D eigenvalue weighted by Crippen LogP contribution is 2.31. The van der Waals surface area contributed by atoms with Gasteiger partial charge in [0, 0.05) is 25.1 Å². The average molecular weight is 355 g/mol. The van der Waals surface area contributed by atoms with Crippen LogP contribution in [0.2, 0.25) is 0 Å². The summed E-state index contributed by atoms with van der Waals surface area (Å²) in [5.41, 5.74) is 0.742. The van der Waals surface area contributed by atoms with Gasteiger partial charge < -0.3 is 15.4 Å². The molecule has 1 aromatic heterocycles. The molecule has 0 atom stereocenters. The van der Waals surface area contributed by atoms with Crippen LogP contribution in [-0.4, -0.2) is 29.2 Å². The number of aromatic nitrogens is 2. The lowest BCUT2D eigenvalue weighted by atomic mass is 9.86. The van der Waals surface area contributed by atoms with Crippen LogP contribution in [0.15, 0.2) is 30.5 Å². The molecule has 1 fully saturated rings. The Morgan fingerprint density at radius 3 is 2.81 bits per heavy atom. The van der Waals surface area contributed by atoms with Gasteiger partial charge in [-0.3, -0.25) is 0 Å². The predicted octanol–water partition coefficient (Wildman–Crippen LogP) is 2.62. The molecule has 1 aliphatic rings. The summed E-state index contributed by atoms with van der Waals surface area (Å²) in [6.45, 7) is 2.55. The van der Waals surface area contributed by atoms with Crippen molar-refractivity contribution in [2.45, 2.75) is 25.3 Å². The Labute approximate surface area is 150 Å². The number of carbonyl (C=O) groups is 1. The highest BCUT2D eigenvalue weighted by atomic mass is 19.1. The standard InChI is InChI=1S/C18H18FN5O2/c1-12-10-13(2-3-14(12)19)22-17(25)24-18(5-8-26-9-6-18)15-4-7-21-16(11-20)23-15/h2-4,7,10H,5-6,8-9H2,1H3,(H2,22,24,25). The van der Waals surface area contributed by atoms with Crippen molar-refractivity contribution in [2.75, 3.05) is 18.5 Å². The average Bonchev–Trinajstić information content (AvgIpc) is 2.65. The Morgan fingerprint density at radius 2 is 2.12 bits per heavy atom. The molecule has 26 heavy (non-hydrogen) atoms. The first-order valence-corrected chi connectivity index (χ1v) is 8.19. The number of hydrogen-bond acceptors (Lipinski definition) is 5. The van der Waals surface area contributed by atoms with Crippen molar-refractivity contribution in [2.24, 2.45) is 0 Å². The monoisotopic (exact) mass is 355 g/mol. The molecule has 2 heterocycles. The Bertz CT molecular complexity index is 859. The van der Waals surface area contributed by atoms with E-state index in [0.717, 1.165) is 0 Å². The first-order valence-electron chi connectivity index (χ1n) is 8.19. The number of anilines is 1. The summed E-state index contributed by atoms with van der Waals surface area (Å²) in [6.07, 6.45) is 2.54. The lowest BCUT2D eigenvalue weighted by molar-refractivity contribution is 0.0401. The number of aryl methyl sites for hydroxylation is 1. The van der Waals surface area contributed by atoms with Gasteiger partial charge in [-0.1, -0.05) is 0 Å². The number of halogens is 1. The van der Waals surface area contributed by atoms with E-state index in [1.165, 1.54) is 18.3 Å². The summed E-state index contributed by atoms with van der Waals surface area (Å²) in [5.74, 6) is -0.286. The molecule has 0 aliphatic carbocycles.